The molecule has 0 spiro atoms. The van der Waals surface area contributed by atoms with Crippen LogP contribution in [0.5, 0.6) is 0 Å². The molecule has 0 radical (unpaired) electrons. The molecule has 134 valence electrons. The van der Waals surface area contributed by atoms with Crippen LogP contribution in [0.3, 0.4) is 0 Å². The highest BCUT2D eigenvalue weighted by Gasteiger charge is 2.42. The maximum absolute atomic E-state index is 14.1. The zero-order chi connectivity index (χ0) is 18.5. The first-order chi connectivity index (χ1) is 13.1. The second kappa shape index (κ2) is 5.73. The number of rotatable bonds is 3. The Morgan fingerprint density at radius 1 is 1.15 bits per heavy atom. The highest BCUT2D eigenvalue weighted by atomic mass is 19.1. The van der Waals surface area contributed by atoms with Gasteiger partial charge in [-0.2, -0.15) is 5.10 Å². The van der Waals surface area contributed by atoms with Crippen LogP contribution in [0.1, 0.15) is 29.4 Å². The van der Waals surface area contributed by atoms with E-state index >= 15 is 0 Å². The van der Waals surface area contributed by atoms with Gasteiger partial charge in [0.1, 0.15) is 5.82 Å². The molecule has 8 heteroatoms. The van der Waals surface area contributed by atoms with E-state index in [-0.39, 0.29) is 23.2 Å². The third-order valence-electron chi connectivity index (χ3n) is 4.98. The first kappa shape index (κ1) is 15.7. The van der Waals surface area contributed by atoms with Gasteiger partial charge < -0.3 is 4.98 Å². The molecule has 0 amide bonds. The van der Waals surface area contributed by atoms with Crippen molar-refractivity contribution in [1.82, 2.24) is 24.6 Å². The molecule has 5 rings (SSSR count). The number of fused-ring (bicyclic) bond motifs is 1. The van der Waals surface area contributed by atoms with E-state index in [1.54, 1.807) is 35.1 Å². The lowest BCUT2D eigenvalue weighted by atomic mass is 10.0. The third kappa shape index (κ3) is 2.57. The summed E-state index contributed by atoms with van der Waals surface area (Å²) < 4.78 is 15.7. The molecule has 4 aromatic rings. The summed E-state index contributed by atoms with van der Waals surface area (Å²) in [6.07, 6.45) is 5.47. The molecule has 2 N–H and O–H groups in total. The number of nitrogens with one attached hydrogen (secondary N) is 2. The first-order valence-electron chi connectivity index (χ1n) is 8.53. The van der Waals surface area contributed by atoms with E-state index in [4.69, 9.17) is 0 Å². The van der Waals surface area contributed by atoms with Crippen LogP contribution in [0.15, 0.2) is 58.5 Å². The minimum Gasteiger partial charge on any atom is -0.313 e. The number of halogens is 1. The molecular formula is C19H14FN5O2. The zero-order valence-corrected chi connectivity index (χ0v) is 14.0. The zero-order valence-electron chi connectivity index (χ0n) is 14.0. The van der Waals surface area contributed by atoms with E-state index in [1.165, 1.54) is 12.3 Å². The lowest BCUT2D eigenvalue weighted by Gasteiger charge is -2.07. The third-order valence-corrected chi connectivity index (χ3v) is 4.98. The summed E-state index contributed by atoms with van der Waals surface area (Å²) in [5.74, 6) is -0.0538. The van der Waals surface area contributed by atoms with Gasteiger partial charge in [-0.1, -0.05) is 18.2 Å². The van der Waals surface area contributed by atoms with Crippen LogP contribution in [0.2, 0.25) is 0 Å². The second-order valence-corrected chi connectivity index (χ2v) is 6.64. The molecular weight excluding hydrogens is 349 g/mol. The Morgan fingerprint density at radius 3 is 2.78 bits per heavy atom. The molecule has 1 aromatic carbocycles. The molecule has 0 aliphatic heterocycles. The Labute approximate surface area is 151 Å². The molecule has 1 aliphatic carbocycles. The highest BCUT2D eigenvalue weighted by Crippen LogP contribution is 2.56. The Kier molecular flexibility index (Phi) is 3.33. The molecule has 3 aromatic heterocycles. The van der Waals surface area contributed by atoms with Crippen molar-refractivity contribution in [3.05, 3.63) is 86.7 Å². The molecule has 0 unspecified atom stereocenters. The number of H-pyrrole nitrogens is 2. The number of aromatic amines is 2. The quantitative estimate of drug-likeness (QED) is 0.583. The fraction of sp³-hybridized carbons (Fsp3) is 0.158. The maximum Gasteiger partial charge on any atom is 0.325 e. The van der Waals surface area contributed by atoms with Crippen molar-refractivity contribution < 1.29 is 4.39 Å². The minimum atomic E-state index is -0.575. The lowest BCUT2D eigenvalue weighted by Crippen LogP contribution is -2.23. The Morgan fingerprint density at radius 2 is 1.96 bits per heavy atom. The summed E-state index contributed by atoms with van der Waals surface area (Å²) in [7, 11) is 0. The SMILES string of the molecule is O=c1[nH]cc(-c2cc([C@@H]3C[C@H]3c3ccccc3F)c3nccn3n2)c(=O)[nH]1. The molecule has 7 nitrogen and oxygen atoms in total. The number of benzene rings is 1. The second-order valence-electron chi connectivity index (χ2n) is 6.64. The van der Waals surface area contributed by atoms with Gasteiger partial charge in [0.25, 0.3) is 5.56 Å². The van der Waals surface area contributed by atoms with E-state index in [9.17, 15) is 14.0 Å². The van der Waals surface area contributed by atoms with Crippen LogP contribution >= 0.6 is 0 Å². The molecule has 1 saturated carbocycles. The Hall–Kier alpha value is -3.55. The van der Waals surface area contributed by atoms with Crippen LogP contribution in [0, 0.1) is 5.82 Å². The molecule has 0 bridgehead atoms. The van der Waals surface area contributed by atoms with E-state index in [1.807, 2.05) is 6.07 Å². The van der Waals surface area contributed by atoms with Gasteiger partial charge in [0, 0.05) is 24.2 Å². The molecule has 1 fully saturated rings. The summed E-state index contributed by atoms with van der Waals surface area (Å²) in [6, 6.07) is 8.58. The highest BCUT2D eigenvalue weighted by molar-refractivity contribution is 5.63. The molecule has 2 atom stereocenters. The number of aromatic nitrogens is 5. The molecule has 3 heterocycles. The number of imidazole rings is 1. The average Bonchev–Trinajstić information content (AvgIpc) is 3.29. The fourth-order valence-corrected chi connectivity index (χ4v) is 3.60. The Bertz CT molecular complexity index is 1290. The van der Waals surface area contributed by atoms with Crippen LogP contribution in [0.4, 0.5) is 4.39 Å². The maximum atomic E-state index is 14.1. The van der Waals surface area contributed by atoms with Crippen molar-refractivity contribution in [2.45, 2.75) is 18.3 Å². The van der Waals surface area contributed by atoms with Crippen LogP contribution in [0.25, 0.3) is 16.9 Å². The van der Waals surface area contributed by atoms with Crippen LogP contribution in [-0.2, 0) is 0 Å². The number of hydrogen-bond acceptors (Lipinski definition) is 4. The molecule has 1 aliphatic rings. The van der Waals surface area contributed by atoms with Gasteiger partial charge in [0.05, 0.1) is 11.3 Å². The van der Waals surface area contributed by atoms with Gasteiger partial charge in [-0.05, 0) is 36.0 Å². The van der Waals surface area contributed by atoms with Crippen molar-refractivity contribution >= 4 is 5.65 Å². The van der Waals surface area contributed by atoms with Crippen LogP contribution in [-0.4, -0.2) is 24.6 Å². The van der Waals surface area contributed by atoms with Gasteiger partial charge in [0.2, 0.25) is 0 Å². The number of hydrogen-bond donors (Lipinski definition) is 2. The van der Waals surface area contributed by atoms with Gasteiger partial charge in [-0.3, -0.25) is 9.78 Å². The average molecular weight is 363 g/mol. The number of nitrogens with zero attached hydrogens (tertiary/aromatic N) is 3. The van der Waals surface area contributed by atoms with Crippen molar-refractivity contribution in [2.75, 3.05) is 0 Å². The predicted octanol–water partition coefficient (Wildman–Crippen LogP) is 2.18. The molecule has 27 heavy (non-hydrogen) atoms. The van der Waals surface area contributed by atoms with Crippen molar-refractivity contribution in [2.24, 2.45) is 0 Å². The Balaban J connectivity index is 1.63. The largest absolute Gasteiger partial charge is 0.325 e. The van der Waals surface area contributed by atoms with E-state index in [0.29, 0.717) is 16.9 Å². The predicted molar refractivity (Wildman–Crippen MR) is 96.2 cm³/mol. The van der Waals surface area contributed by atoms with E-state index in [0.717, 1.165) is 12.0 Å². The minimum absolute atomic E-state index is 0.0656. The fourth-order valence-electron chi connectivity index (χ4n) is 3.60. The summed E-state index contributed by atoms with van der Waals surface area (Å²) in [5, 5.41) is 4.42. The smallest absolute Gasteiger partial charge is 0.313 e. The van der Waals surface area contributed by atoms with E-state index < -0.39 is 11.2 Å². The van der Waals surface area contributed by atoms with E-state index in [2.05, 4.69) is 20.1 Å². The van der Waals surface area contributed by atoms with Crippen molar-refractivity contribution in [3.8, 4) is 11.3 Å². The van der Waals surface area contributed by atoms with Crippen LogP contribution < -0.4 is 11.2 Å². The summed E-state index contributed by atoms with van der Waals surface area (Å²) in [6.45, 7) is 0. The van der Waals surface area contributed by atoms with Gasteiger partial charge in [0.15, 0.2) is 5.65 Å². The van der Waals surface area contributed by atoms with Gasteiger partial charge in [-0.15, -0.1) is 0 Å². The topological polar surface area (TPSA) is 95.9 Å². The first-order valence-corrected chi connectivity index (χ1v) is 8.53. The van der Waals surface area contributed by atoms with Crippen molar-refractivity contribution in [3.63, 3.8) is 0 Å². The standard InChI is InChI=1S/C19H14FN5O2/c20-15-4-2-1-3-10(15)11-7-12(11)13-8-16(24-25-6-5-21-17(13)25)14-9-22-19(27)23-18(14)26/h1-6,8-9,11-12H,7H2,(H2,22,23,26,27)/t11-,12+/m0/s1. The molecule has 0 saturated heterocycles. The van der Waals surface area contributed by atoms with Gasteiger partial charge >= 0.3 is 5.69 Å². The lowest BCUT2D eigenvalue weighted by molar-refractivity contribution is 0.609. The van der Waals surface area contributed by atoms with Crippen molar-refractivity contribution in [1.29, 1.82) is 0 Å². The summed E-state index contributed by atoms with van der Waals surface area (Å²) in [4.78, 5) is 32.5. The normalized spacial score (nSPS) is 18.7. The summed E-state index contributed by atoms with van der Waals surface area (Å²) >= 11 is 0. The summed E-state index contributed by atoms with van der Waals surface area (Å²) in [5.41, 5.74) is 1.87. The monoisotopic (exact) mass is 363 g/mol. The van der Waals surface area contributed by atoms with Gasteiger partial charge in [-0.25, -0.2) is 18.7 Å².